The summed E-state index contributed by atoms with van der Waals surface area (Å²) in [5.74, 6) is -5.23. The molecule has 1 aliphatic heterocycles. The molecule has 0 saturated carbocycles. The Balaban J connectivity index is 2.24. The highest BCUT2D eigenvalue weighted by Gasteiger charge is 2.49. The maximum Gasteiger partial charge on any atom is 0.355 e. The van der Waals surface area contributed by atoms with Gasteiger partial charge < -0.3 is 14.0 Å². The normalized spacial score (nSPS) is 14.2. The van der Waals surface area contributed by atoms with Gasteiger partial charge in [-0.1, -0.05) is 41.4 Å². The summed E-state index contributed by atoms with van der Waals surface area (Å²) in [7, 11) is 4.73. The lowest BCUT2D eigenvalue weighted by molar-refractivity contribution is -0.143. The number of nitrogens with zero attached hydrogens (tertiary/aromatic N) is 3. The van der Waals surface area contributed by atoms with Gasteiger partial charge in [-0.05, 0) is 36.8 Å². The number of amides is 4. The number of aromatic nitrogens is 1. The monoisotopic (exact) mass is 537 g/mol. The summed E-state index contributed by atoms with van der Waals surface area (Å²) < 4.78 is 11.5. The second-order valence-corrected chi connectivity index (χ2v) is 9.09. The zero-order valence-corrected chi connectivity index (χ0v) is 22.0. The molecule has 1 saturated heterocycles. The summed E-state index contributed by atoms with van der Waals surface area (Å²) in [6.45, 7) is 1.88. The van der Waals surface area contributed by atoms with E-state index < -0.39 is 35.7 Å². The summed E-state index contributed by atoms with van der Waals surface area (Å²) >= 11 is 6.11. The van der Waals surface area contributed by atoms with Gasteiger partial charge in [0.05, 0.1) is 25.5 Å². The number of aryl methyl sites for hydroxylation is 1. The molecule has 0 bridgehead atoms. The number of likely N-dealkylation sites (N-methyl/N-ethyl adjacent to an activating group) is 2. The lowest BCUT2D eigenvalue weighted by atomic mass is 9.88. The fourth-order valence-electron chi connectivity index (χ4n) is 4.47. The Hall–Kier alpha value is -4.44. The average Bonchev–Trinajstić information content (AvgIpc) is 3.26. The molecule has 0 N–H and O–H groups in total. The van der Waals surface area contributed by atoms with Gasteiger partial charge in [0.15, 0.2) is 0 Å². The fourth-order valence-corrected chi connectivity index (χ4v) is 4.59. The van der Waals surface area contributed by atoms with Crippen molar-refractivity contribution in [2.45, 2.75) is 12.8 Å². The molecule has 1 aliphatic rings. The number of hydrogen-bond donors (Lipinski definition) is 0. The zero-order valence-electron chi connectivity index (χ0n) is 21.3. The van der Waals surface area contributed by atoms with Gasteiger partial charge in [0.2, 0.25) is 11.8 Å². The topological polar surface area (TPSA) is 115 Å². The number of hydrogen-bond acceptors (Lipinski definition) is 7. The standard InChI is InChI=1S/C27H24ClN3O7/c1-14-6-8-15(9-7-14)21-18(20-23(32)29(2)27(36)30(3)24(20)33)19(25(34)37-4)22(26(35)38-5)31(21)17-12-10-16(28)11-13-17/h6-13,20H,1-5H3. The van der Waals surface area contributed by atoms with Crippen LogP contribution in [0.15, 0.2) is 48.5 Å². The molecule has 4 rings (SSSR count). The molecule has 1 fully saturated rings. The van der Waals surface area contributed by atoms with Crippen LogP contribution >= 0.6 is 11.6 Å². The number of carbonyl (C=O) groups excluding carboxylic acids is 5. The van der Waals surface area contributed by atoms with E-state index in [1.54, 1.807) is 48.5 Å². The SMILES string of the molecule is COC(=O)c1c(C2C(=O)N(C)C(=O)N(C)C2=O)c(-c2ccc(C)cc2)n(-c2ccc(Cl)cc2)c1C(=O)OC. The number of urea groups is 1. The molecule has 0 aliphatic carbocycles. The van der Waals surface area contributed by atoms with Gasteiger partial charge in [0.25, 0.3) is 0 Å². The Morgan fingerprint density at radius 3 is 1.84 bits per heavy atom. The van der Waals surface area contributed by atoms with Gasteiger partial charge >= 0.3 is 18.0 Å². The molecule has 0 atom stereocenters. The molecule has 0 radical (unpaired) electrons. The first-order valence-electron chi connectivity index (χ1n) is 11.4. The van der Waals surface area contributed by atoms with Gasteiger partial charge in [0, 0.05) is 30.4 Å². The Labute approximate surface area is 223 Å². The van der Waals surface area contributed by atoms with Crippen LogP contribution in [0.5, 0.6) is 0 Å². The Morgan fingerprint density at radius 2 is 1.34 bits per heavy atom. The van der Waals surface area contributed by atoms with Crippen LogP contribution in [0.4, 0.5) is 4.79 Å². The van der Waals surface area contributed by atoms with Crippen molar-refractivity contribution in [3.63, 3.8) is 0 Å². The van der Waals surface area contributed by atoms with Crippen molar-refractivity contribution in [2.75, 3.05) is 28.3 Å². The summed E-state index contributed by atoms with van der Waals surface area (Å²) in [5.41, 5.74) is 1.35. The van der Waals surface area contributed by atoms with E-state index in [0.29, 0.717) is 16.3 Å². The quantitative estimate of drug-likeness (QED) is 0.359. The predicted molar refractivity (Wildman–Crippen MR) is 137 cm³/mol. The number of ether oxygens (including phenoxy) is 2. The van der Waals surface area contributed by atoms with E-state index in [2.05, 4.69) is 0 Å². The van der Waals surface area contributed by atoms with Crippen molar-refractivity contribution in [1.29, 1.82) is 0 Å². The third-order valence-corrected chi connectivity index (χ3v) is 6.66. The third kappa shape index (κ3) is 4.22. The predicted octanol–water partition coefficient (Wildman–Crippen LogP) is 3.81. The molecule has 0 unspecified atom stereocenters. The molecule has 2 aromatic carbocycles. The molecular weight excluding hydrogens is 514 g/mol. The highest BCUT2D eigenvalue weighted by Crippen LogP contribution is 2.42. The van der Waals surface area contributed by atoms with Crippen molar-refractivity contribution >= 4 is 41.4 Å². The molecule has 1 aromatic heterocycles. The molecule has 10 nitrogen and oxygen atoms in total. The highest BCUT2D eigenvalue weighted by molar-refractivity contribution is 6.30. The molecule has 3 aromatic rings. The number of barbiturate groups is 1. The second-order valence-electron chi connectivity index (χ2n) is 8.66. The maximum absolute atomic E-state index is 13.5. The second kappa shape index (κ2) is 10.1. The number of methoxy groups -OCH3 is 2. The molecule has 0 spiro atoms. The van der Waals surface area contributed by atoms with Gasteiger partial charge in [0.1, 0.15) is 11.6 Å². The fraction of sp³-hybridized carbons (Fsp3) is 0.222. The third-order valence-electron chi connectivity index (χ3n) is 6.40. The van der Waals surface area contributed by atoms with Crippen LogP contribution in [0.3, 0.4) is 0 Å². The Bertz CT molecular complexity index is 1450. The first kappa shape index (κ1) is 26.6. The number of carbonyl (C=O) groups is 5. The molecule has 4 amide bonds. The van der Waals surface area contributed by atoms with E-state index in [9.17, 15) is 24.0 Å². The van der Waals surface area contributed by atoms with Gasteiger partial charge in [-0.3, -0.25) is 19.4 Å². The van der Waals surface area contributed by atoms with Crippen LogP contribution < -0.4 is 0 Å². The molecule has 2 heterocycles. The number of rotatable bonds is 5. The Kier molecular flexibility index (Phi) is 7.10. The van der Waals surface area contributed by atoms with E-state index in [0.717, 1.165) is 29.6 Å². The summed E-state index contributed by atoms with van der Waals surface area (Å²) in [5, 5.41) is 0.422. The number of esters is 2. The van der Waals surface area contributed by atoms with E-state index in [1.165, 1.54) is 18.7 Å². The van der Waals surface area contributed by atoms with Crippen LogP contribution in [-0.2, 0) is 19.1 Å². The number of imide groups is 2. The van der Waals surface area contributed by atoms with Gasteiger partial charge in [-0.2, -0.15) is 0 Å². The summed E-state index contributed by atoms with van der Waals surface area (Å²) in [6, 6.07) is 12.7. The van der Waals surface area contributed by atoms with Crippen molar-refractivity contribution in [2.24, 2.45) is 0 Å². The summed E-state index contributed by atoms with van der Waals surface area (Å²) in [4.78, 5) is 67.7. The van der Waals surface area contributed by atoms with Crippen molar-refractivity contribution in [1.82, 2.24) is 14.4 Å². The van der Waals surface area contributed by atoms with E-state index in [-0.39, 0.29) is 22.5 Å². The minimum atomic E-state index is -1.63. The molecule has 196 valence electrons. The zero-order chi connectivity index (χ0) is 27.9. The van der Waals surface area contributed by atoms with Crippen LogP contribution in [0, 0.1) is 6.92 Å². The molecule has 11 heteroatoms. The minimum absolute atomic E-state index is 0.0859. The number of benzene rings is 2. The first-order valence-corrected chi connectivity index (χ1v) is 11.8. The van der Waals surface area contributed by atoms with Crippen LogP contribution in [0.2, 0.25) is 5.02 Å². The van der Waals surface area contributed by atoms with Crippen molar-refractivity contribution in [3.05, 3.63) is 75.9 Å². The van der Waals surface area contributed by atoms with E-state index >= 15 is 0 Å². The van der Waals surface area contributed by atoms with Gasteiger partial charge in [-0.25, -0.2) is 14.4 Å². The average molecular weight is 538 g/mol. The van der Waals surface area contributed by atoms with Gasteiger partial charge in [-0.15, -0.1) is 0 Å². The lowest BCUT2D eigenvalue weighted by Gasteiger charge is -2.33. The van der Waals surface area contributed by atoms with Crippen molar-refractivity contribution < 1.29 is 33.4 Å². The van der Waals surface area contributed by atoms with Crippen LogP contribution in [0.25, 0.3) is 16.9 Å². The largest absolute Gasteiger partial charge is 0.465 e. The first-order chi connectivity index (χ1) is 18.0. The Morgan fingerprint density at radius 1 is 0.816 bits per heavy atom. The van der Waals surface area contributed by atoms with Crippen LogP contribution in [-0.4, -0.2) is 72.5 Å². The van der Waals surface area contributed by atoms with E-state index in [4.69, 9.17) is 21.1 Å². The summed E-state index contributed by atoms with van der Waals surface area (Å²) in [6.07, 6.45) is 0. The molecular formula is C27H24ClN3O7. The minimum Gasteiger partial charge on any atom is -0.465 e. The van der Waals surface area contributed by atoms with E-state index in [1.807, 2.05) is 6.92 Å². The maximum atomic E-state index is 13.5. The van der Waals surface area contributed by atoms with Crippen molar-refractivity contribution in [3.8, 4) is 16.9 Å². The highest BCUT2D eigenvalue weighted by atomic mass is 35.5. The lowest BCUT2D eigenvalue weighted by Crippen LogP contribution is -2.56. The van der Waals surface area contributed by atoms with Crippen LogP contribution in [0.1, 0.15) is 37.9 Å². The number of halogens is 1. The smallest absolute Gasteiger partial charge is 0.355 e. The molecule has 38 heavy (non-hydrogen) atoms.